The molecular weight excluding hydrogens is 340 g/mol. The van der Waals surface area contributed by atoms with Crippen molar-refractivity contribution in [3.05, 3.63) is 71.4 Å². The van der Waals surface area contributed by atoms with Crippen molar-refractivity contribution in [2.45, 2.75) is 25.9 Å². The minimum atomic E-state index is -0.286. The highest BCUT2D eigenvalue weighted by Gasteiger charge is 2.27. The van der Waals surface area contributed by atoms with Gasteiger partial charge in [-0.25, -0.2) is 0 Å². The molecule has 1 amide bonds. The number of rotatable bonds is 4. The van der Waals surface area contributed by atoms with Gasteiger partial charge in [0.05, 0.1) is 20.1 Å². The largest absolute Gasteiger partial charge is 0.468 e. The van der Waals surface area contributed by atoms with Crippen molar-refractivity contribution in [3.63, 3.8) is 0 Å². The van der Waals surface area contributed by atoms with Crippen molar-refractivity contribution < 1.29 is 14.3 Å². The summed E-state index contributed by atoms with van der Waals surface area (Å²) in [6, 6.07) is 17.9. The van der Waals surface area contributed by atoms with E-state index in [0.29, 0.717) is 19.5 Å². The van der Waals surface area contributed by atoms with Crippen molar-refractivity contribution in [2.24, 2.45) is 0 Å². The smallest absolute Gasteiger partial charge is 0.325 e. The van der Waals surface area contributed by atoms with E-state index >= 15 is 0 Å². The Morgan fingerprint density at radius 1 is 1.04 bits per heavy atom. The van der Waals surface area contributed by atoms with Crippen LogP contribution in [0.25, 0.3) is 10.9 Å². The third kappa shape index (κ3) is 3.33. The fraction of sp³-hybridized carbons (Fsp3) is 0.273. The number of esters is 1. The van der Waals surface area contributed by atoms with Gasteiger partial charge in [0, 0.05) is 23.1 Å². The van der Waals surface area contributed by atoms with Crippen molar-refractivity contribution in [1.29, 1.82) is 0 Å². The predicted octanol–water partition coefficient (Wildman–Crippen LogP) is 2.94. The number of methoxy groups -OCH3 is 1. The van der Waals surface area contributed by atoms with Crippen LogP contribution in [-0.2, 0) is 40.3 Å². The fourth-order valence-corrected chi connectivity index (χ4v) is 3.86. The minimum Gasteiger partial charge on any atom is -0.468 e. The second-order valence-corrected chi connectivity index (χ2v) is 6.83. The quantitative estimate of drug-likeness (QED) is 0.671. The number of aromatic nitrogens is 1. The first kappa shape index (κ1) is 17.3. The summed E-state index contributed by atoms with van der Waals surface area (Å²) in [5.74, 6) is -0.173. The Morgan fingerprint density at radius 3 is 2.56 bits per heavy atom. The number of hydrogen-bond acceptors (Lipinski definition) is 3. The monoisotopic (exact) mass is 362 g/mol. The van der Waals surface area contributed by atoms with Crippen LogP contribution in [0.4, 0.5) is 0 Å². The molecule has 0 bridgehead atoms. The predicted molar refractivity (Wildman–Crippen MR) is 103 cm³/mol. The lowest BCUT2D eigenvalue weighted by Crippen LogP contribution is -2.37. The van der Waals surface area contributed by atoms with Crippen molar-refractivity contribution >= 4 is 22.8 Å². The molecule has 138 valence electrons. The number of ether oxygens (including phenoxy) is 1. The number of carbonyl (C=O) groups excluding carboxylic acids is 2. The maximum Gasteiger partial charge on any atom is 0.325 e. The standard InChI is InChI=1S/C22H22N2O3/c1-27-22(26)15-24-19-10-6-5-9-17(19)18-11-12-23(14-20(18)24)21(25)13-16-7-3-2-4-8-16/h2-10H,11-15H2,1H3. The molecule has 0 saturated carbocycles. The van der Waals surface area contributed by atoms with Gasteiger partial charge < -0.3 is 14.2 Å². The summed E-state index contributed by atoms with van der Waals surface area (Å²) < 4.78 is 6.87. The van der Waals surface area contributed by atoms with Gasteiger partial charge in [-0.3, -0.25) is 9.59 Å². The number of fused-ring (bicyclic) bond motifs is 3. The lowest BCUT2D eigenvalue weighted by Gasteiger charge is -2.28. The average Bonchev–Trinajstić information content (AvgIpc) is 3.02. The minimum absolute atomic E-state index is 0.113. The van der Waals surface area contributed by atoms with Crippen molar-refractivity contribution in [2.75, 3.05) is 13.7 Å². The molecule has 3 aromatic rings. The first-order valence-corrected chi connectivity index (χ1v) is 9.15. The Balaban J connectivity index is 1.65. The molecule has 0 unspecified atom stereocenters. The molecule has 5 heteroatoms. The highest BCUT2D eigenvalue weighted by molar-refractivity contribution is 5.88. The molecule has 1 aliphatic rings. The van der Waals surface area contributed by atoms with Gasteiger partial charge in [-0.05, 0) is 23.6 Å². The number of benzene rings is 2. The normalized spacial score (nSPS) is 13.4. The fourth-order valence-electron chi connectivity index (χ4n) is 3.86. The Bertz CT molecular complexity index is 991. The molecule has 0 aliphatic carbocycles. The van der Waals surface area contributed by atoms with E-state index in [2.05, 4.69) is 6.07 Å². The molecule has 1 aromatic heterocycles. The molecule has 5 nitrogen and oxygen atoms in total. The maximum absolute atomic E-state index is 12.8. The molecule has 4 rings (SSSR count). The van der Waals surface area contributed by atoms with E-state index < -0.39 is 0 Å². The van der Waals surface area contributed by atoms with E-state index in [0.717, 1.165) is 28.6 Å². The van der Waals surface area contributed by atoms with Crippen molar-refractivity contribution in [1.82, 2.24) is 9.47 Å². The van der Waals surface area contributed by atoms with E-state index in [1.54, 1.807) is 0 Å². The van der Waals surface area contributed by atoms with Crippen LogP contribution in [0.5, 0.6) is 0 Å². The van der Waals surface area contributed by atoms with Crippen LogP contribution in [0.1, 0.15) is 16.8 Å². The second-order valence-electron chi connectivity index (χ2n) is 6.83. The average molecular weight is 362 g/mol. The van der Waals surface area contributed by atoms with E-state index in [1.807, 2.05) is 58.0 Å². The van der Waals surface area contributed by atoms with Gasteiger partial charge in [-0.1, -0.05) is 48.5 Å². The Kier molecular flexibility index (Phi) is 4.67. The first-order chi connectivity index (χ1) is 13.2. The van der Waals surface area contributed by atoms with Gasteiger partial charge in [0.1, 0.15) is 6.54 Å². The van der Waals surface area contributed by atoms with E-state index in [1.165, 1.54) is 12.7 Å². The van der Waals surface area contributed by atoms with Gasteiger partial charge in [-0.15, -0.1) is 0 Å². The van der Waals surface area contributed by atoms with Crippen LogP contribution in [0.15, 0.2) is 54.6 Å². The number of hydrogen-bond donors (Lipinski definition) is 0. The molecule has 27 heavy (non-hydrogen) atoms. The van der Waals surface area contributed by atoms with E-state index in [4.69, 9.17) is 4.74 Å². The Morgan fingerprint density at radius 2 is 1.78 bits per heavy atom. The van der Waals surface area contributed by atoms with E-state index in [-0.39, 0.29) is 18.4 Å². The van der Waals surface area contributed by atoms with Gasteiger partial charge in [0.2, 0.25) is 5.91 Å². The summed E-state index contributed by atoms with van der Waals surface area (Å²) in [5.41, 5.74) is 4.31. The van der Waals surface area contributed by atoms with Crippen molar-refractivity contribution in [3.8, 4) is 0 Å². The van der Waals surface area contributed by atoms with Gasteiger partial charge in [0.25, 0.3) is 0 Å². The molecule has 2 heterocycles. The Labute approximate surface area is 158 Å². The Hall–Kier alpha value is -3.08. The summed E-state index contributed by atoms with van der Waals surface area (Å²) >= 11 is 0. The molecular formula is C22H22N2O3. The molecule has 0 radical (unpaired) electrons. The van der Waals surface area contributed by atoms with Gasteiger partial charge >= 0.3 is 5.97 Å². The molecule has 1 aliphatic heterocycles. The molecule has 0 spiro atoms. The topological polar surface area (TPSA) is 51.5 Å². The van der Waals surface area contributed by atoms with Gasteiger partial charge in [-0.2, -0.15) is 0 Å². The number of nitrogens with zero attached hydrogens (tertiary/aromatic N) is 2. The van der Waals surface area contributed by atoms with E-state index in [9.17, 15) is 9.59 Å². The summed E-state index contributed by atoms with van der Waals surface area (Å²) in [6.07, 6.45) is 1.19. The number of carbonyl (C=O) groups is 2. The zero-order chi connectivity index (χ0) is 18.8. The zero-order valence-electron chi connectivity index (χ0n) is 15.4. The highest BCUT2D eigenvalue weighted by Crippen LogP contribution is 2.31. The van der Waals surface area contributed by atoms with Crippen LogP contribution in [0, 0.1) is 0 Å². The SMILES string of the molecule is COC(=O)Cn1c2c(c3ccccc31)CCN(C(=O)Cc1ccccc1)C2. The first-order valence-electron chi connectivity index (χ1n) is 9.15. The maximum atomic E-state index is 12.8. The molecule has 0 N–H and O–H groups in total. The van der Waals surface area contributed by atoms with Crippen LogP contribution in [0.2, 0.25) is 0 Å². The summed E-state index contributed by atoms with van der Waals surface area (Å²) in [4.78, 5) is 26.6. The van der Waals surface area contributed by atoms with Crippen LogP contribution in [-0.4, -0.2) is 35.0 Å². The summed E-state index contributed by atoms with van der Waals surface area (Å²) in [5, 5.41) is 1.16. The van der Waals surface area contributed by atoms with Crippen LogP contribution < -0.4 is 0 Å². The molecule has 0 atom stereocenters. The molecule has 2 aromatic carbocycles. The summed E-state index contributed by atoms with van der Waals surface area (Å²) in [6.45, 7) is 1.38. The summed E-state index contributed by atoms with van der Waals surface area (Å²) in [7, 11) is 1.40. The highest BCUT2D eigenvalue weighted by atomic mass is 16.5. The lowest BCUT2D eigenvalue weighted by molar-refractivity contribution is -0.141. The number of para-hydroxylation sites is 1. The third-order valence-corrected chi connectivity index (χ3v) is 5.23. The van der Waals surface area contributed by atoms with Crippen LogP contribution in [0.3, 0.4) is 0 Å². The van der Waals surface area contributed by atoms with Crippen LogP contribution >= 0.6 is 0 Å². The number of amides is 1. The second kappa shape index (κ2) is 7.27. The zero-order valence-corrected chi connectivity index (χ0v) is 15.4. The van der Waals surface area contributed by atoms with Gasteiger partial charge in [0.15, 0.2) is 0 Å². The molecule has 0 fully saturated rings. The third-order valence-electron chi connectivity index (χ3n) is 5.23. The molecule has 0 saturated heterocycles. The lowest BCUT2D eigenvalue weighted by atomic mass is 10.0.